The van der Waals surface area contributed by atoms with Gasteiger partial charge < -0.3 is 20.1 Å². The third-order valence-electron chi connectivity index (χ3n) is 7.51. The summed E-state index contributed by atoms with van der Waals surface area (Å²) in [5, 5.41) is 15.7. The first-order chi connectivity index (χ1) is 21.3. The Bertz CT molecular complexity index is 1680. The van der Waals surface area contributed by atoms with Gasteiger partial charge in [-0.2, -0.15) is 0 Å². The van der Waals surface area contributed by atoms with Gasteiger partial charge in [-0.3, -0.25) is 14.2 Å². The van der Waals surface area contributed by atoms with E-state index < -0.39 is 5.97 Å². The molecule has 12 heteroatoms. The Hall–Kier alpha value is -4.16. The van der Waals surface area contributed by atoms with Crippen molar-refractivity contribution in [3.8, 4) is 11.4 Å². The Kier molecular flexibility index (Phi) is 10.0. The standard InChI is InChI=1S/C32H35N5O5S2/c1-5-42-31(40)28-23-10-6-7-12-25(23)44-30(28)34-27(38)18-43-32-36-35-26(37(32)24-11-8-9-19(2)20(24)3)17-33-29(39)21-13-15-22(41-4)16-14-21/h8-9,11,13-16H,5-7,10,12,17-18H2,1-4H3,(H,33,39)(H,34,38). The van der Waals surface area contributed by atoms with E-state index >= 15 is 0 Å². The van der Waals surface area contributed by atoms with Crippen molar-refractivity contribution < 1.29 is 23.9 Å². The van der Waals surface area contributed by atoms with Crippen LogP contribution in [-0.2, 0) is 28.9 Å². The monoisotopic (exact) mass is 633 g/mol. The number of carbonyl (C=O) groups excluding carboxylic acids is 3. The van der Waals surface area contributed by atoms with Gasteiger partial charge in [0.1, 0.15) is 10.8 Å². The number of esters is 1. The fourth-order valence-electron chi connectivity index (χ4n) is 5.10. The molecule has 1 aliphatic carbocycles. The lowest BCUT2D eigenvalue weighted by Crippen LogP contribution is -2.24. The molecule has 0 bridgehead atoms. The van der Waals surface area contributed by atoms with E-state index in [4.69, 9.17) is 9.47 Å². The summed E-state index contributed by atoms with van der Waals surface area (Å²) >= 11 is 2.70. The van der Waals surface area contributed by atoms with E-state index in [0.29, 0.717) is 32.9 Å². The summed E-state index contributed by atoms with van der Waals surface area (Å²) in [6.45, 7) is 6.21. The van der Waals surface area contributed by atoms with E-state index in [1.807, 2.05) is 36.6 Å². The first-order valence-electron chi connectivity index (χ1n) is 14.5. The fraction of sp³-hybridized carbons (Fsp3) is 0.344. The van der Waals surface area contributed by atoms with Crippen LogP contribution in [0.2, 0.25) is 0 Å². The molecular formula is C32H35N5O5S2. The summed E-state index contributed by atoms with van der Waals surface area (Å²) < 4.78 is 12.4. The summed E-state index contributed by atoms with van der Waals surface area (Å²) in [4.78, 5) is 40.1. The van der Waals surface area contributed by atoms with Gasteiger partial charge in [0, 0.05) is 10.4 Å². The highest BCUT2D eigenvalue weighted by Gasteiger charge is 2.27. The lowest BCUT2D eigenvalue weighted by molar-refractivity contribution is -0.113. The average Bonchev–Trinajstić information content (AvgIpc) is 3.60. The molecule has 2 heterocycles. The van der Waals surface area contributed by atoms with E-state index in [9.17, 15) is 14.4 Å². The number of methoxy groups -OCH3 is 1. The molecule has 0 unspecified atom stereocenters. The molecule has 2 N–H and O–H groups in total. The van der Waals surface area contributed by atoms with Crippen LogP contribution in [0.25, 0.3) is 5.69 Å². The highest BCUT2D eigenvalue weighted by Crippen LogP contribution is 2.39. The molecule has 2 aromatic heterocycles. The Balaban J connectivity index is 1.35. The summed E-state index contributed by atoms with van der Waals surface area (Å²) in [6.07, 6.45) is 3.78. The fourth-order valence-corrected chi connectivity index (χ4v) is 7.16. The van der Waals surface area contributed by atoms with Crippen molar-refractivity contribution in [2.75, 3.05) is 24.8 Å². The molecular weight excluding hydrogens is 599 g/mol. The van der Waals surface area contributed by atoms with Gasteiger partial charge in [0.05, 0.1) is 37.3 Å². The Morgan fingerprint density at radius 3 is 2.57 bits per heavy atom. The predicted octanol–water partition coefficient (Wildman–Crippen LogP) is 5.67. The van der Waals surface area contributed by atoms with Crippen molar-refractivity contribution in [1.82, 2.24) is 20.1 Å². The number of amides is 2. The second-order valence-corrected chi connectivity index (χ2v) is 12.4. The number of aryl methyl sites for hydroxylation is 2. The number of ether oxygens (including phenoxy) is 2. The third kappa shape index (κ3) is 6.81. The van der Waals surface area contributed by atoms with Crippen molar-refractivity contribution >= 4 is 45.9 Å². The van der Waals surface area contributed by atoms with E-state index in [1.165, 1.54) is 23.1 Å². The van der Waals surface area contributed by atoms with Gasteiger partial charge in [-0.05, 0) is 93.5 Å². The molecule has 230 valence electrons. The molecule has 10 nitrogen and oxygen atoms in total. The van der Waals surface area contributed by atoms with Crippen LogP contribution in [0.4, 0.5) is 5.00 Å². The first kappa shape index (κ1) is 31.3. The minimum absolute atomic E-state index is 0.0477. The number of hydrogen-bond acceptors (Lipinski definition) is 9. The minimum atomic E-state index is -0.397. The Morgan fingerprint density at radius 2 is 1.82 bits per heavy atom. The molecule has 0 aliphatic heterocycles. The first-order valence-corrected chi connectivity index (χ1v) is 16.3. The number of carbonyl (C=O) groups is 3. The molecule has 1 aliphatic rings. The van der Waals surface area contributed by atoms with Crippen molar-refractivity contribution in [2.45, 2.75) is 58.2 Å². The van der Waals surface area contributed by atoms with Crippen molar-refractivity contribution in [3.63, 3.8) is 0 Å². The van der Waals surface area contributed by atoms with Gasteiger partial charge in [0.15, 0.2) is 11.0 Å². The van der Waals surface area contributed by atoms with E-state index in [1.54, 1.807) is 38.3 Å². The molecule has 0 spiro atoms. The number of benzene rings is 2. The average molecular weight is 634 g/mol. The van der Waals surface area contributed by atoms with Crippen LogP contribution >= 0.6 is 23.1 Å². The summed E-state index contributed by atoms with van der Waals surface area (Å²) in [5.74, 6) is 0.325. The molecule has 0 fully saturated rings. The number of thioether (sulfide) groups is 1. The third-order valence-corrected chi connectivity index (χ3v) is 9.65. The molecule has 0 atom stereocenters. The number of nitrogens with zero attached hydrogens (tertiary/aromatic N) is 3. The van der Waals surface area contributed by atoms with Crippen molar-refractivity contribution in [3.05, 3.63) is 81.0 Å². The number of aromatic nitrogens is 3. The molecule has 5 rings (SSSR count). The van der Waals surface area contributed by atoms with E-state index in [-0.39, 0.29) is 30.7 Å². The Morgan fingerprint density at radius 1 is 1.05 bits per heavy atom. The van der Waals surface area contributed by atoms with Crippen LogP contribution < -0.4 is 15.4 Å². The van der Waals surface area contributed by atoms with Crippen LogP contribution in [0.15, 0.2) is 47.6 Å². The number of fused-ring (bicyclic) bond motifs is 1. The Labute approximate surface area is 264 Å². The smallest absolute Gasteiger partial charge is 0.341 e. The highest BCUT2D eigenvalue weighted by atomic mass is 32.2. The van der Waals surface area contributed by atoms with Gasteiger partial charge >= 0.3 is 5.97 Å². The number of thiophene rings is 1. The molecule has 2 aromatic carbocycles. The zero-order valence-electron chi connectivity index (χ0n) is 25.2. The van der Waals surface area contributed by atoms with Gasteiger partial charge in [-0.1, -0.05) is 23.9 Å². The normalized spacial score (nSPS) is 12.4. The lowest BCUT2D eigenvalue weighted by Gasteiger charge is -2.15. The lowest BCUT2D eigenvalue weighted by atomic mass is 9.95. The number of rotatable bonds is 11. The second-order valence-electron chi connectivity index (χ2n) is 10.3. The summed E-state index contributed by atoms with van der Waals surface area (Å²) in [7, 11) is 1.57. The van der Waals surface area contributed by atoms with Crippen LogP contribution in [0.3, 0.4) is 0 Å². The van der Waals surface area contributed by atoms with Crippen LogP contribution in [-0.4, -0.2) is 52.0 Å². The molecule has 0 saturated heterocycles. The maximum atomic E-state index is 13.2. The maximum absolute atomic E-state index is 13.2. The van der Waals surface area contributed by atoms with E-state index in [2.05, 4.69) is 20.8 Å². The van der Waals surface area contributed by atoms with Gasteiger partial charge in [-0.25, -0.2) is 4.79 Å². The van der Waals surface area contributed by atoms with Gasteiger partial charge in [-0.15, -0.1) is 21.5 Å². The topological polar surface area (TPSA) is 124 Å². The maximum Gasteiger partial charge on any atom is 0.341 e. The zero-order chi connectivity index (χ0) is 31.2. The van der Waals surface area contributed by atoms with Crippen LogP contribution in [0.5, 0.6) is 5.75 Å². The van der Waals surface area contributed by atoms with Crippen molar-refractivity contribution in [2.24, 2.45) is 0 Å². The second kappa shape index (κ2) is 14.1. The largest absolute Gasteiger partial charge is 0.497 e. The van der Waals surface area contributed by atoms with Gasteiger partial charge in [0.25, 0.3) is 5.91 Å². The van der Waals surface area contributed by atoms with Crippen molar-refractivity contribution in [1.29, 1.82) is 0 Å². The van der Waals surface area contributed by atoms with E-state index in [0.717, 1.165) is 52.9 Å². The molecule has 4 aromatic rings. The highest BCUT2D eigenvalue weighted by molar-refractivity contribution is 7.99. The van der Waals surface area contributed by atoms with Crippen LogP contribution in [0, 0.1) is 13.8 Å². The van der Waals surface area contributed by atoms with Crippen LogP contribution in [0.1, 0.15) is 67.9 Å². The molecule has 0 saturated carbocycles. The summed E-state index contributed by atoms with van der Waals surface area (Å²) in [5.41, 5.74) is 4.96. The number of anilines is 1. The summed E-state index contributed by atoms with van der Waals surface area (Å²) in [6, 6.07) is 12.8. The SMILES string of the molecule is CCOC(=O)c1c(NC(=O)CSc2nnc(CNC(=O)c3ccc(OC)cc3)n2-c2cccc(C)c2C)sc2c1CCCC2. The molecule has 44 heavy (non-hydrogen) atoms. The quantitative estimate of drug-likeness (QED) is 0.160. The zero-order valence-corrected chi connectivity index (χ0v) is 26.8. The number of nitrogens with one attached hydrogen (secondary N) is 2. The molecule has 0 radical (unpaired) electrons. The van der Waals surface area contributed by atoms with Gasteiger partial charge in [0.2, 0.25) is 5.91 Å². The molecule has 2 amide bonds. The minimum Gasteiger partial charge on any atom is -0.497 e. The predicted molar refractivity (Wildman–Crippen MR) is 171 cm³/mol. The number of hydrogen-bond donors (Lipinski definition) is 2.